The molecule has 3 rings (SSSR count). The van der Waals surface area contributed by atoms with E-state index in [0.717, 1.165) is 24.2 Å². The smallest absolute Gasteiger partial charge is 0.226 e. The Morgan fingerprint density at radius 3 is 2.83 bits per heavy atom. The van der Waals surface area contributed by atoms with E-state index < -0.39 is 0 Å². The lowest BCUT2D eigenvalue weighted by atomic mass is 10.1. The lowest BCUT2D eigenvalue weighted by Gasteiger charge is -2.16. The zero-order valence-electron chi connectivity index (χ0n) is 12.9. The second-order valence-electron chi connectivity index (χ2n) is 5.89. The zero-order valence-corrected chi connectivity index (χ0v) is 12.9. The molecule has 122 valence electrons. The van der Waals surface area contributed by atoms with Crippen LogP contribution in [0.4, 0.5) is 0 Å². The van der Waals surface area contributed by atoms with Gasteiger partial charge in [0, 0.05) is 18.8 Å². The zero-order chi connectivity index (χ0) is 16.1. The van der Waals surface area contributed by atoms with Gasteiger partial charge in [0.1, 0.15) is 0 Å². The van der Waals surface area contributed by atoms with E-state index in [9.17, 15) is 9.90 Å². The molecule has 1 aliphatic carbocycles. The van der Waals surface area contributed by atoms with Crippen LogP contribution >= 0.6 is 0 Å². The van der Waals surface area contributed by atoms with Crippen molar-refractivity contribution in [3.05, 3.63) is 47.6 Å². The number of nitrogens with one attached hydrogen (secondary N) is 1. The van der Waals surface area contributed by atoms with E-state index in [2.05, 4.69) is 15.5 Å². The van der Waals surface area contributed by atoms with Gasteiger partial charge in [-0.3, -0.25) is 4.79 Å². The normalized spacial score (nSPS) is 15.3. The maximum absolute atomic E-state index is 12.0. The molecular weight excluding hydrogens is 294 g/mol. The minimum absolute atomic E-state index is 0.0881. The molecule has 1 aromatic carbocycles. The quantitative estimate of drug-likeness (QED) is 0.779. The first-order valence-electron chi connectivity index (χ1n) is 8.04. The molecule has 1 atom stereocenters. The first-order valence-corrected chi connectivity index (χ1v) is 8.04. The van der Waals surface area contributed by atoms with Crippen LogP contribution in [0.2, 0.25) is 0 Å². The molecule has 6 heteroatoms. The highest BCUT2D eigenvalue weighted by atomic mass is 16.5. The summed E-state index contributed by atoms with van der Waals surface area (Å²) in [5.41, 5.74) is 0.898. The van der Waals surface area contributed by atoms with Gasteiger partial charge >= 0.3 is 0 Å². The number of hydrogen-bond acceptors (Lipinski definition) is 5. The molecule has 1 fully saturated rings. The average Bonchev–Trinajstić information content (AvgIpc) is 3.33. The molecule has 1 heterocycles. The van der Waals surface area contributed by atoms with E-state index in [0.29, 0.717) is 31.1 Å². The maximum Gasteiger partial charge on any atom is 0.226 e. The van der Waals surface area contributed by atoms with Crippen LogP contribution in [0.15, 0.2) is 34.9 Å². The van der Waals surface area contributed by atoms with Crippen molar-refractivity contribution in [1.29, 1.82) is 0 Å². The van der Waals surface area contributed by atoms with Crippen LogP contribution in [0.5, 0.6) is 0 Å². The standard InChI is InChI=1S/C17H21N3O3/c21-11-14(12-5-2-1-3-6-12)18-15(22)7-4-8-16-19-17(20-23-16)13-9-10-13/h1-3,5-6,13-14,21H,4,7-11H2,(H,18,22)/t14-/m1/s1. The van der Waals surface area contributed by atoms with Gasteiger partial charge in [0.15, 0.2) is 5.82 Å². The third-order valence-electron chi connectivity index (χ3n) is 3.94. The van der Waals surface area contributed by atoms with Gasteiger partial charge in [0.05, 0.1) is 12.6 Å². The highest BCUT2D eigenvalue weighted by Crippen LogP contribution is 2.38. The molecule has 0 aliphatic heterocycles. The average molecular weight is 315 g/mol. The van der Waals surface area contributed by atoms with Crippen molar-refractivity contribution in [2.45, 2.75) is 44.1 Å². The van der Waals surface area contributed by atoms with Gasteiger partial charge in [0.2, 0.25) is 11.8 Å². The highest BCUT2D eigenvalue weighted by Gasteiger charge is 2.28. The molecule has 6 nitrogen and oxygen atoms in total. The fourth-order valence-corrected chi connectivity index (χ4v) is 2.46. The van der Waals surface area contributed by atoms with Gasteiger partial charge < -0.3 is 14.9 Å². The molecule has 0 spiro atoms. The third-order valence-corrected chi connectivity index (χ3v) is 3.94. The summed E-state index contributed by atoms with van der Waals surface area (Å²) in [5, 5.41) is 16.2. The van der Waals surface area contributed by atoms with E-state index in [-0.39, 0.29) is 18.6 Å². The minimum atomic E-state index is -0.367. The molecule has 1 amide bonds. The van der Waals surface area contributed by atoms with Gasteiger partial charge in [-0.15, -0.1) is 0 Å². The van der Waals surface area contributed by atoms with Crippen LogP contribution in [0.25, 0.3) is 0 Å². The first kappa shape index (κ1) is 15.7. The molecule has 0 unspecified atom stereocenters. The van der Waals surface area contributed by atoms with Crippen molar-refractivity contribution in [1.82, 2.24) is 15.5 Å². The van der Waals surface area contributed by atoms with Gasteiger partial charge in [-0.1, -0.05) is 35.5 Å². The van der Waals surface area contributed by atoms with Gasteiger partial charge in [-0.25, -0.2) is 0 Å². The summed E-state index contributed by atoms with van der Waals surface area (Å²) in [4.78, 5) is 16.4. The molecule has 0 bridgehead atoms. The number of nitrogens with zero attached hydrogens (tertiary/aromatic N) is 2. The summed E-state index contributed by atoms with van der Waals surface area (Å²) in [5.74, 6) is 1.79. The lowest BCUT2D eigenvalue weighted by molar-refractivity contribution is -0.122. The van der Waals surface area contributed by atoms with E-state index in [1.54, 1.807) is 0 Å². The first-order chi connectivity index (χ1) is 11.3. The van der Waals surface area contributed by atoms with E-state index >= 15 is 0 Å². The number of rotatable bonds is 8. The van der Waals surface area contributed by atoms with Crippen LogP contribution in [0.1, 0.15) is 54.9 Å². The highest BCUT2D eigenvalue weighted by molar-refractivity contribution is 5.76. The van der Waals surface area contributed by atoms with Crippen LogP contribution in [0, 0.1) is 0 Å². The summed E-state index contributed by atoms with van der Waals surface area (Å²) in [7, 11) is 0. The Hall–Kier alpha value is -2.21. The second-order valence-corrected chi connectivity index (χ2v) is 5.89. The van der Waals surface area contributed by atoms with Crippen LogP contribution in [-0.4, -0.2) is 27.8 Å². The number of carbonyl (C=O) groups is 1. The molecule has 1 aromatic heterocycles. The molecule has 23 heavy (non-hydrogen) atoms. The number of amides is 1. The molecule has 2 N–H and O–H groups in total. The van der Waals surface area contributed by atoms with Crippen molar-refractivity contribution in [2.75, 3.05) is 6.61 Å². The maximum atomic E-state index is 12.0. The largest absolute Gasteiger partial charge is 0.394 e. The fraction of sp³-hybridized carbons (Fsp3) is 0.471. The predicted molar refractivity (Wildman–Crippen MR) is 83.6 cm³/mol. The molecule has 1 aliphatic rings. The monoisotopic (exact) mass is 315 g/mol. The Bertz CT molecular complexity index is 638. The number of aliphatic hydroxyl groups is 1. The molecular formula is C17H21N3O3. The van der Waals surface area contributed by atoms with Crippen molar-refractivity contribution in [3.63, 3.8) is 0 Å². The number of benzene rings is 1. The minimum Gasteiger partial charge on any atom is -0.394 e. The van der Waals surface area contributed by atoms with E-state index in [4.69, 9.17) is 4.52 Å². The Labute approximate surface area is 134 Å². The second kappa shape index (κ2) is 7.37. The topological polar surface area (TPSA) is 88.2 Å². The number of aliphatic hydroxyl groups excluding tert-OH is 1. The molecule has 1 saturated carbocycles. The molecule has 2 aromatic rings. The number of aromatic nitrogens is 2. The van der Waals surface area contributed by atoms with E-state index in [1.165, 1.54) is 0 Å². The molecule has 0 saturated heterocycles. The van der Waals surface area contributed by atoms with Gasteiger partial charge in [-0.2, -0.15) is 4.98 Å². The van der Waals surface area contributed by atoms with Gasteiger partial charge in [-0.05, 0) is 24.8 Å². The molecule has 0 radical (unpaired) electrons. The third kappa shape index (κ3) is 4.39. The summed E-state index contributed by atoms with van der Waals surface area (Å²) in [6.45, 7) is -0.121. The number of aryl methyl sites for hydroxylation is 1. The summed E-state index contributed by atoms with van der Waals surface area (Å²) in [6, 6.07) is 9.08. The van der Waals surface area contributed by atoms with E-state index in [1.807, 2.05) is 30.3 Å². The predicted octanol–water partition coefficient (Wildman–Crippen LogP) is 2.12. The summed E-state index contributed by atoms with van der Waals surface area (Å²) in [6.07, 6.45) is 3.89. The SMILES string of the molecule is O=C(CCCc1nc(C2CC2)no1)N[C@H](CO)c1ccccc1. The Morgan fingerprint density at radius 1 is 1.35 bits per heavy atom. The lowest BCUT2D eigenvalue weighted by Crippen LogP contribution is -2.30. The Balaban J connectivity index is 1.43. The Morgan fingerprint density at radius 2 is 2.13 bits per heavy atom. The number of hydrogen-bond donors (Lipinski definition) is 2. The number of carbonyl (C=O) groups excluding carboxylic acids is 1. The van der Waals surface area contributed by atoms with Crippen LogP contribution in [-0.2, 0) is 11.2 Å². The van der Waals surface area contributed by atoms with Gasteiger partial charge in [0.25, 0.3) is 0 Å². The Kier molecular flexibility index (Phi) is 5.02. The van der Waals surface area contributed by atoms with Crippen molar-refractivity contribution < 1.29 is 14.4 Å². The van der Waals surface area contributed by atoms with Crippen molar-refractivity contribution >= 4 is 5.91 Å². The summed E-state index contributed by atoms with van der Waals surface area (Å²) >= 11 is 0. The fourth-order valence-electron chi connectivity index (χ4n) is 2.46. The van der Waals surface area contributed by atoms with Crippen LogP contribution < -0.4 is 5.32 Å². The summed E-state index contributed by atoms with van der Waals surface area (Å²) < 4.78 is 5.19. The van der Waals surface area contributed by atoms with Crippen molar-refractivity contribution in [2.24, 2.45) is 0 Å². The van der Waals surface area contributed by atoms with Crippen molar-refractivity contribution in [3.8, 4) is 0 Å². The van der Waals surface area contributed by atoms with Crippen LogP contribution in [0.3, 0.4) is 0 Å².